The van der Waals surface area contributed by atoms with Gasteiger partial charge < -0.3 is 4.74 Å². The first-order valence-electron chi connectivity index (χ1n) is 8.47. The van der Waals surface area contributed by atoms with Crippen LogP contribution in [0.1, 0.15) is 54.5 Å². The lowest BCUT2D eigenvalue weighted by atomic mass is 9.86. The van der Waals surface area contributed by atoms with Crippen LogP contribution in [0, 0.1) is 13.8 Å². The van der Waals surface area contributed by atoms with E-state index in [1.807, 2.05) is 32.0 Å². The van der Waals surface area contributed by atoms with Crippen molar-refractivity contribution in [3.63, 3.8) is 0 Å². The van der Waals surface area contributed by atoms with Gasteiger partial charge in [0, 0.05) is 11.3 Å². The minimum absolute atomic E-state index is 0.0387. The summed E-state index contributed by atoms with van der Waals surface area (Å²) in [6, 6.07) is 9.41. The first-order chi connectivity index (χ1) is 11.7. The van der Waals surface area contributed by atoms with E-state index in [9.17, 15) is 9.59 Å². The highest BCUT2D eigenvalue weighted by Gasteiger charge is 2.15. The van der Waals surface area contributed by atoms with Crippen molar-refractivity contribution >= 4 is 11.8 Å². The number of nitrogens with zero attached hydrogens (tertiary/aromatic N) is 2. The second-order valence-electron chi connectivity index (χ2n) is 7.31. The SMILES string of the molecule is Cc1cc(C)n(CCC(=O)OCC(=O)c2ccc(C(C)(C)C)cc2)n1. The fourth-order valence-corrected chi connectivity index (χ4v) is 2.56. The second kappa shape index (κ2) is 7.64. The predicted octanol–water partition coefficient (Wildman–Crippen LogP) is 3.61. The Morgan fingerprint density at radius 1 is 1.12 bits per heavy atom. The first-order valence-corrected chi connectivity index (χ1v) is 8.47. The van der Waals surface area contributed by atoms with Gasteiger partial charge in [0.2, 0.25) is 0 Å². The van der Waals surface area contributed by atoms with E-state index in [2.05, 4.69) is 25.9 Å². The number of carbonyl (C=O) groups is 2. The number of aryl methyl sites for hydroxylation is 3. The molecule has 0 radical (unpaired) electrons. The van der Waals surface area contributed by atoms with Crippen LogP contribution in [0.3, 0.4) is 0 Å². The van der Waals surface area contributed by atoms with Crippen LogP contribution in [0.2, 0.25) is 0 Å². The van der Waals surface area contributed by atoms with E-state index in [1.165, 1.54) is 0 Å². The van der Waals surface area contributed by atoms with Crippen LogP contribution in [0.25, 0.3) is 0 Å². The largest absolute Gasteiger partial charge is 0.457 e. The second-order valence-corrected chi connectivity index (χ2v) is 7.31. The third kappa shape index (κ3) is 5.28. The van der Waals surface area contributed by atoms with Crippen molar-refractivity contribution in [3.8, 4) is 0 Å². The fourth-order valence-electron chi connectivity index (χ4n) is 2.56. The molecule has 134 valence electrons. The van der Waals surface area contributed by atoms with Gasteiger partial charge in [-0.15, -0.1) is 0 Å². The Morgan fingerprint density at radius 2 is 1.76 bits per heavy atom. The minimum atomic E-state index is -0.396. The van der Waals surface area contributed by atoms with Crippen LogP contribution < -0.4 is 0 Å². The molecule has 2 aromatic rings. The molecular formula is C20H26N2O3. The molecule has 0 amide bonds. The van der Waals surface area contributed by atoms with Crippen LogP contribution in [-0.4, -0.2) is 28.1 Å². The zero-order valence-corrected chi connectivity index (χ0v) is 15.6. The molecule has 0 saturated carbocycles. The Labute approximate surface area is 149 Å². The molecule has 5 nitrogen and oxygen atoms in total. The van der Waals surface area contributed by atoms with E-state index in [0.29, 0.717) is 12.1 Å². The Hall–Kier alpha value is -2.43. The number of hydrogen-bond donors (Lipinski definition) is 0. The van der Waals surface area contributed by atoms with Crippen molar-refractivity contribution in [2.24, 2.45) is 0 Å². The highest BCUT2D eigenvalue weighted by Crippen LogP contribution is 2.22. The Kier molecular flexibility index (Phi) is 5.77. The summed E-state index contributed by atoms with van der Waals surface area (Å²) >= 11 is 0. The van der Waals surface area contributed by atoms with Gasteiger partial charge in [0.05, 0.1) is 18.7 Å². The zero-order chi connectivity index (χ0) is 18.6. The van der Waals surface area contributed by atoms with Crippen molar-refractivity contribution in [2.75, 3.05) is 6.61 Å². The summed E-state index contributed by atoms with van der Waals surface area (Å²) in [6.45, 7) is 10.4. The lowest BCUT2D eigenvalue weighted by molar-refractivity contribution is -0.142. The van der Waals surface area contributed by atoms with E-state index < -0.39 is 5.97 Å². The number of hydrogen-bond acceptors (Lipinski definition) is 4. The Morgan fingerprint density at radius 3 is 2.28 bits per heavy atom. The van der Waals surface area contributed by atoms with Crippen LogP contribution in [-0.2, 0) is 21.5 Å². The summed E-state index contributed by atoms with van der Waals surface area (Å²) in [5, 5.41) is 4.29. The number of esters is 1. The number of aromatic nitrogens is 2. The van der Waals surface area contributed by atoms with Gasteiger partial charge in [-0.25, -0.2) is 0 Å². The van der Waals surface area contributed by atoms with Crippen LogP contribution in [0.15, 0.2) is 30.3 Å². The predicted molar refractivity (Wildman–Crippen MR) is 96.7 cm³/mol. The van der Waals surface area contributed by atoms with Gasteiger partial charge in [-0.05, 0) is 30.9 Å². The molecule has 0 aliphatic rings. The molecule has 1 heterocycles. The molecule has 0 aliphatic carbocycles. The van der Waals surface area contributed by atoms with Gasteiger partial charge in [0.1, 0.15) is 0 Å². The standard InChI is InChI=1S/C20H26N2O3/c1-14-12-15(2)22(21-14)11-10-19(24)25-13-18(23)16-6-8-17(9-7-16)20(3,4)5/h6-9,12H,10-11,13H2,1-5H3. The average Bonchev–Trinajstić information content (AvgIpc) is 2.87. The topological polar surface area (TPSA) is 61.2 Å². The number of rotatable bonds is 6. The maximum Gasteiger partial charge on any atom is 0.308 e. The summed E-state index contributed by atoms with van der Waals surface area (Å²) in [4.78, 5) is 24.0. The van der Waals surface area contributed by atoms with Gasteiger partial charge >= 0.3 is 5.97 Å². The lowest BCUT2D eigenvalue weighted by Crippen LogP contribution is -2.17. The van der Waals surface area contributed by atoms with Crippen LogP contribution in [0.4, 0.5) is 0 Å². The van der Waals surface area contributed by atoms with E-state index in [0.717, 1.165) is 17.0 Å². The third-order valence-corrected chi connectivity index (χ3v) is 4.07. The number of carbonyl (C=O) groups excluding carboxylic acids is 2. The van der Waals surface area contributed by atoms with Crippen molar-refractivity contribution in [3.05, 3.63) is 52.8 Å². The fraction of sp³-hybridized carbons (Fsp3) is 0.450. The van der Waals surface area contributed by atoms with Gasteiger partial charge in [-0.2, -0.15) is 5.10 Å². The molecule has 0 bridgehead atoms. The van der Waals surface area contributed by atoms with E-state index >= 15 is 0 Å². The normalized spacial score (nSPS) is 11.4. The summed E-state index contributed by atoms with van der Waals surface area (Å²) < 4.78 is 6.86. The summed E-state index contributed by atoms with van der Waals surface area (Å²) in [5.41, 5.74) is 3.67. The molecule has 1 aromatic carbocycles. The van der Waals surface area contributed by atoms with E-state index in [1.54, 1.807) is 16.8 Å². The van der Waals surface area contributed by atoms with Crippen LogP contribution in [0.5, 0.6) is 0 Å². The quantitative estimate of drug-likeness (QED) is 0.594. The van der Waals surface area contributed by atoms with Crippen molar-refractivity contribution in [1.82, 2.24) is 9.78 Å². The summed E-state index contributed by atoms with van der Waals surface area (Å²) in [5.74, 6) is -0.591. The Balaban J connectivity index is 1.83. The number of benzene rings is 1. The lowest BCUT2D eigenvalue weighted by Gasteiger charge is -2.18. The molecule has 5 heteroatoms. The monoisotopic (exact) mass is 342 g/mol. The molecule has 0 N–H and O–H groups in total. The van der Waals surface area contributed by atoms with Gasteiger partial charge in [0.15, 0.2) is 12.4 Å². The molecule has 0 fully saturated rings. The van der Waals surface area contributed by atoms with E-state index in [4.69, 9.17) is 4.74 Å². The maximum atomic E-state index is 12.1. The molecule has 0 aliphatic heterocycles. The van der Waals surface area contributed by atoms with Crippen molar-refractivity contribution in [1.29, 1.82) is 0 Å². The molecule has 0 unspecified atom stereocenters. The summed E-state index contributed by atoms with van der Waals surface area (Å²) in [7, 11) is 0. The zero-order valence-electron chi connectivity index (χ0n) is 15.6. The number of ketones is 1. The average molecular weight is 342 g/mol. The van der Waals surface area contributed by atoms with Crippen molar-refractivity contribution < 1.29 is 14.3 Å². The molecule has 1 aromatic heterocycles. The summed E-state index contributed by atoms with van der Waals surface area (Å²) in [6.07, 6.45) is 0.193. The van der Waals surface area contributed by atoms with Gasteiger partial charge in [-0.3, -0.25) is 14.3 Å². The van der Waals surface area contributed by atoms with Gasteiger partial charge in [-0.1, -0.05) is 45.0 Å². The van der Waals surface area contributed by atoms with Crippen molar-refractivity contribution in [2.45, 2.75) is 53.0 Å². The molecule has 0 saturated heterocycles. The third-order valence-electron chi connectivity index (χ3n) is 4.07. The van der Waals surface area contributed by atoms with Gasteiger partial charge in [0.25, 0.3) is 0 Å². The maximum absolute atomic E-state index is 12.1. The molecule has 0 spiro atoms. The minimum Gasteiger partial charge on any atom is -0.457 e. The molecule has 2 rings (SSSR count). The highest BCUT2D eigenvalue weighted by molar-refractivity contribution is 5.97. The molecular weight excluding hydrogens is 316 g/mol. The number of Topliss-reactive ketones (excluding diaryl/α,β-unsaturated/α-hetero) is 1. The van der Waals surface area contributed by atoms with E-state index in [-0.39, 0.29) is 24.2 Å². The molecule has 25 heavy (non-hydrogen) atoms. The van der Waals surface area contributed by atoms with Crippen LogP contribution >= 0.6 is 0 Å². The highest BCUT2D eigenvalue weighted by atomic mass is 16.5. The Bertz CT molecular complexity index is 752. The number of ether oxygens (including phenoxy) is 1. The smallest absolute Gasteiger partial charge is 0.308 e. The molecule has 0 atom stereocenters. The first kappa shape index (κ1) is 18.9.